The van der Waals surface area contributed by atoms with Crippen molar-refractivity contribution in [2.24, 2.45) is 5.73 Å². The van der Waals surface area contributed by atoms with Crippen LogP contribution in [-0.4, -0.2) is 37.8 Å². The molecule has 0 bridgehead atoms. The molecule has 3 N–H and O–H groups in total. The van der Waals surface area contributed by atoms with Crippen LogP contribution in [0.2, 0.25) is 0 Å². The summed E-state index contributed by atoms with van der Waals surface area (Å²) in [5.74, 6) is 0.842. The van der Waals surface area contributed by atoms with E-state index in [-0.39, 0.29) is 18.1 Å². The number of nitrogens with two attached hydrogens (primary N) is 1. The summed E-state index contributed by atoms with van der Waals surface area (Å²) in [4.78, 5) is 12.0. The number of carbonyl (C=O) groups is 1. The lowest BCUT2D eigenvalue weighted by Crippen LogP contribution is -2.36. The van der Waals surface area contributed by atoms with E-state index in [1.54, 1.807) is 0 Å². The van der Waals surface area contributed by atoms with Crippen LogP contribution >= 0.6 is 0 Å². The molecule has 1 saturated heterocycles. The van der Waals surface area contributed by atoms with Gasteiger partial charge in [-0.05, 0) is 37.8 Å². The van der Waals surface area contributed by atoms with Crippen LogP contribution in [0, 0.1) is 0 Å². The molecular formula is C16H24N2O3. The van der Waals surface area contributed by atoms with E-state index in [0.717, 1.165) is 30.6 Å². The second-order valence-electron chi connectivity index (χ2n) is 5.14. The molecule has 0 aromatic heterocycles. The van der Waals surface area contributed by atoms with Crippen LogP contribution < -0.4 is 15.8 Å². The average Bonchev–Trinajstić information content (AvgIpc) is 2.98. The van der Waals surface area contributed by atoms with Gasteiger partial charge in [0.15, 0.2) is 0 Å². The lowest BCUT2D eigenvalue weighted by molar-refractivity contribution is -0.131. The van der Waals surface area contributed by atoms with Crippen LogP contribution in [0.3, 0.4) is 0 Å². The van der Waals surface area contributed by atoms with E-state index in [9.17, 15) is 4.79 Å². The van der Waals surface area contributed by atoms with Gasteiger partial charge >= 0.3 is 0 Å². The highest BCUT2D eigenvalue weighted by Gasteiger charge is 2.29. The lowest BCUT2D eigenvalue weighted by Gasteiger charge is -2.13. The highest BCUT2D eigenvalue weighted by Crippen LogP contribution is 2.20. The molecule has 0 spiro atoms. The molecular weight excluding hydrogens is 268 g/mol. The first-order valence-corrected chi connectivity index (χ1v) is 7.58. The minimum atomic E-state index is -0.347. The predicted octanol–water partition coefficient (Wildman–Crippen LogP) is 1.25. The highest BCUT2D eigenvalue weighted by atomic mass is 16.5. The fraction of sp³-hybridized carbons (Fsp3) is 0.562. The molecule has 2 atom stereocenters. The molecule has 1 fully saturated rings. The minimum Gasteiger partial charge on any atom is -0.494 e. The van der Waals surface area contributed by atoms with Crippen molar-refractivity contribution in [1.29, 1.82) is 0 Å². The summed E-state index contributed by atoms with van der Waals surface area (Å²) in [5.41, 5.74) is 6.65. The normalized spacial score (nSPS) is 21.2. The Balaban J connectivity index is 1.78. The summed E-state index contributed by atoms with van der Waals surface area (Å²) in [6.45, 7) is 3.66. The van der Waals surface area contributed by atoms with E-state index in [1.807, 2.05) is 31.2 Å². The molecule has 1 aromatic carbocycles. The molecule has 0 aliphatic carbocycles. The Morgan fingerprint density at radius 1 is 1.43 bits per heavy atom. The van der Waals surface area contributed by atoms with Crippen molar-refractivity contribution < 1.29 is 14.3 Å². The van der Waals surface area contributed by atoms with E-state index < -0.39 is 0 Å². The zero-order chi connectivity index (χ0) is 15.1. The van der Waals surface area contributed by atoms with Crippen molar-refractivity contribution in [1.82, 2.24) is 5.32 Å². The Labute approximate surface area is 125 Å². The SMILES string of the molecule is CCOc1ccccc1CCNC(=O)[C@@H]1CC[C@H](CN)O1. The van der Waals surface area contributed by atoms with E-state index in [4.69, 9.17) is 15.2 Å². The van der Waals surface area contributed by atoms with E-state index in [1.165, 1.54) is 0 Å². The summed E-state index contributed by atoms with van der Waals surface area (Å²) in [5, 5.41) is 2.93. The minimum absolute atomic E-state index is 0.0273. The predicted molar refractivity (Wildman–Crippen MR) is 81.3 cm³/mol. The maximum Gasteiger partial charge on any atom is 0.249 e. The van der Waals surface area contributed by atoms with Gasteiger partial charge in [0.25, 0.3) is 0 Å². The number of hydrogen-bond donors (Lipinski definition) is 2. The smallest absolute Gasteiger partial charge is 0.249 e. The van der Waals surface area contributed by atoms with Gasteiger partial charge in [0.05, 0.1) is 12.7 Å². The maximum atomic E-state index is 12.0. The second kappa shape index (κ2) is 8.00. The van der Waals surface area contributed by atoms with Crippen molar-refractivity contribution in [3.63, 3.8) is 0 Å². The first-order chi connectivity index (χ1) is 10.2. The van der Waals surface area contributed by atoms with Gasteiger partial charge < -0.3 is 20.5 Å². The Bertz CT molecular complexity index is 465. The molecule has 21 heavy (non-hydrogen) atoms. The van der Waals surface area contributed by atoms with Gasteiger partial charge in [-0.25, -0.2) is 0 Å². The molecule has 1 aliphatic rings. The van der Waals surface area contributed by atoms with Gasteiger partial charge in [-0.2, -0.15) is 0 Å². The lowest BCUT2D eigenvalue weighted by atomic mass is 10.1. The Morgan fingerprint density at radius 3 is 2.95 bits per heavy atom. The van der Waals surface area contributed by atoms with Gasteiger partial charge in [-0.1, -0.05) is 18.2 Å². The summed E-state index contributed by atoms with van der Waals surface area (Å²) < 4.78 is 11.1. The number of hydrogen-bond acceptors (Lipinski definition) is 4. The first kappa shape index (κ1) is 15.8. The second-order valence-corrected chi connectivity index (χ2v) is 5.14. The third-order valence-electron chi connectivity index (χ3n) is 3.63. The summed E-state index contributed by atoms with van der Waals surface area (Å²) in [6, 6.07) is 7.90. The third-order valence-corrected chi connectivity index (χ3v) is 3.63. The largest absolute Gasteiger partial charge is 0.494 e. The van der Waals surface area contributed by atoms with Gasteiger partial charge in [-0.15, -0.1) is 0 Å². The zero-order valence-corrected chi connectivity index (χ0v) is 12.5. The molecule has 1 heterocycles. The number of para-hydroxylation sites is 1. The number of amides is 1. The van der Waals surface area contributed by atoms with Gasteiger partial charge in [0, 0.05) is 13.1 Å². The molecule has 1 aliphatic heterocycles. The molecule has 1 aromatic rings. The molecule has 2 rings (SSSR count). The molecule has 1 amide bonds. The van der Waals surface area contributed by atoms with Crippen LogP contribution in [0.15, 0.2) is 24.3 Å². The number of carbonyl (C=O) groups excluding carboxylic acids is 1. The van der Waals surface area contributed by atoms with Crippen molar-refractivity contribution in [2.45, 2.75) is 38.4 Å². The monoisotopic (exact) mass is 292 g/mol. The third kappa shape index (κ3) is 4.44. The maximum absolute atomic E-state index is 12.0. The summed E-state index contributed by atoms with van der Waals surface area (Å²) in [6.07, 6.45) is 2.04. The van der Waals surface area contributed by atoms with Crippen LogP contribution in [0.4, 0.5) is 0 Å². The van der Waals surface area contributed by atoms with Crippen LogP contribution in [0.5, 0.6) is 5.75 Å². The van der Waals surface area contributed by atoms with E-state index in [0.29, 0.717) is 19.7 Å². The van der Waals surface area contributed by atoms with Gasteiger partial charge in [-0.3, -0.25) is 4.79 Å². The Kier molecular flexibility index (Phi) is 6.02. The molecule has 116 valence electrons. The standard InChI is InChI=1S/C16H24N2O3/c1-2-20-14-6-4-3-5-12(14)9-10-18-16(19)15-8-7-13(11-17)21-15/h3-6,13,15H,2,7-11,17H2,1H3,(H,18,19)/t13-,15+/m1/s1. The summed E-state index contributed by atoms with van der Waals surface area (Å²) in [7, 11) is 0. The van der Waals surface area contributed by atoms with Crippen LogP contribution in [0.1, 0.15) is 25.3 Å². The number of nitrogens with one attached hydrogen (secondary N) is 1. The quantitative estimate of drug-likeness (QED) is 0.793. The van der Waals surface area contributed by atoms with E-state index >= 15 is 0 Å². The number of benzene rings is 1. The van der Waals surface area contributed by atoms with Crippen LogP contribution in [0.25, 0.3) is 0 Å². The number of rotatable bonds is 7. The van der Waals surface area contributed by atoms with Crippen molar-refractivity contribution in [3.8, 4) is 5.75 Å². The molecule has 0 saturated carbocycles. The topological polar surface area (TPSA) is 73.6 Å². The summed E-state index contributed by atoms with van der Waals surface area (Å²) >= 11 is 0. The zero-order valence-electron chi connectivity index (χ0n) is 12.5. The van der Waals surface area contributed by atoms with Crippen molar-refractivity contribution in [2.75, 3.05) is 19.7 Å². The first-order valence-electron chi connectivity index (χ1n) is 7.58. The average molecular weight is 292 g/mol. The molecule has 0 radical (unpaired) electrons. The van der Waals surface area contributed by atoms with Crippen LogP contribution in [-0.2, 0) is 16.0 Å². The van der Waals surface area contributed by atoms with Gasteiger partial charge in [0.1, 0.15) is 11.9 Å². The fourth-order valence-electron chi connectivity index (χ4n) is 2.51. The molecule has 0 unspecified atom stereocenters. The Morgan fingerprint density at radius 2 is 2.24 bits per heavy atom. The van der Waals surface area contributed by atoms with Gasteiger partial charge in [0.2, 0.25) is 5.91 Å². The van der Waals surface area contributed by atoms with Crippen molar-refractivity contribution in [3.05, 3.63) is 29.8 Å². The van der Waals surface area contributed by atoms with Crippen molar-refractivity contribution >= 4 is 5.91 Å². The molecule has 5 heteroatoms. The molecule has 5 nitrogen and oxygen atoms in total. The highest BCUT2D eigenvalue weighted by molar-refractivity contribution is 5.81. The Hall–Kier alpha value is -1.59. The fourth-order valence-corrected chi connectivity index (χ4v) is 2.51. The van der Waals surface area contributed by atoms with E-state index in [2.05, 4.69) is 5.32 Å². The number of ether oxygens (including phenoxy) is 2.